The Labute approximate surface area is 117 Å². The highest BCUT2D eigenvalue weighted by molar-refractivity contribution is 5.94. The van der Waals surface area contributed by atoms with Gasteiger partial charge in [0.1, 0.15) is 5.82 Å². The molecule has 1 saturated heterocycles. The Hall–Kier alpha value is -1.91. The van der Waals surface area contributed by atoms with E-state index in [1.807, 2.05) is 4.90 Å². The Bertz CT molecular complexity index is 517. The van der Waals surface area contributed by atoms with Crippen LogP contribution in [0.2, 0.25) is 0 Å². The van der Waals surface area contributed by atoms with Crippen LogP contribution in [0.1, 0.15) is 23.2 Å². The van der Waals surface area contributed by atoms with E-state index < -0.39 is 0 Å². The molecule has 2 amide bonds. The van der Waals surface area contributed by atoms with Gasteiger partial charge < -0.3 is 9.80 Å². The summed E-state index contributed by atoms with van der Waals surface area (Å²) in [5.41, 5.74) is 0.494. The van der Waals surface area contributed by atoms with Crippen LogP contribution in [0.3, 0.4) is 0 Å². The summed E-state index contributed by atoms with van der Waals surface area (Å²) in [7, 11) is 0. The summed E-state index contributed by atoms with van der Waals surface area (Å²) in [6.07, 6.45) is 2.01. The topological polar surface area (TPSA) is 40.6 Å². The summed E-state index contributed by atoms with van der Waals surface area (Å²) in [5.74, 6) is 0.0261. The number of carbonyl (C=O) groups is 2. The van der Waals surface area contributed by atoms with E-state index in [0.717, 1.165) is 12.8 Å². The second-order valence-electron chi connectivity index (χ2n) is 5.40. The van der Waals surface area contributed by atoms with Crippen LogP contribution >= 0.6 is 0 Å². The number of hydrogen-bond acceptors (Lipinski definition) is 2. The zero-order valence-corrected chi connectivity index (χ0v) is 11.2. The molecule has 2 aliphatic rings. The second-order valence-corrected chi connectivity index (χ2v) is 5.40. The predicted octanol–water partition coefficient (Wildman–Crippen LogP) is 1.52. The van der Waals surface area contributed by atoms with E-state index in [2.05, 4.69) is 0 Å². The molecule has 1 aliphatic carbocycles. The van der Waals surface area contributed by atoms with Gasteiger partial charge in [0.25, 0.3) is 5.91 Å². The number of halogens is 1. The first-order chi connectivity index (χ1) is 9.65. The minimum atomic E-state index is -0.346. The Balaban J connectivity index is 1.58. The van der Waals surface area contributed by atoms with Gasteiger partial charge in [-0.3, -0.25) is 9.59 Å². The van der Waals surface area contributed by atoms with Gasteiger partial charge in [-0.15, -0.1) is 0 Å². The molecule has 0 spiro atoms. The molecule has 1 aromatic carbocycles. The van der Waals surface area contributed by atoms with Gasteiger partial charge in [-0.25, -0.2) is 4.39 Å². The first kappa shape index (κ1) is 13.1. The smallest absolute Gasteiger partial charge is 0.253 e. The van der Waals surface area contributed by atoms with Crippen molar-refractivity contribution in [1.82, 2.24) is 9.80 Å². The highest BCUT2D eigenvalue weighted by Crippen LogP contribution is 2.31. The molecule has 0 unspecified atom stereocenters. The van der Waals surface area contributed by atoms with Gasteiger partial charge in [0.2, 0.25) is 5.91 Å². The average molecular weight is 276 g/mol. The normalized spacial score (nSPS) is 19.1. The van der Waals surface area contributed by atoms with Crippen LogP contribution in [0.15, 0.2) is 24.3 Å². The third-order valence-electron chi connectivity index (χ3n) is 3.90. The summed E-state index contributed by atoms with van der Waals surface area (Å²) < 4.78 is 12.8. The molecule has 4 nitrogen and oxygen atoms in total. The van der Waals surface area contributed by atoms with E-state index in [1.54, 1.807) is 4.90 Å². The lowest BCUT2D eigenvalue weighted by molar-refractivity contribution is -0.134. The van der Waals surface area contributed by atoms with Gasteiger partial charge in [0.05, 0.1) is 0 Å². The van der Waals surface area contributed by atoms with Gasteiger partial charge in [0.15, 0.2) is 0 Å². The van der Waals surface area contributed by atoms with Crippen molar-refractivity contribution in [3.8, 4) is 0 Å². The lowest BCUT2D eigenvalue weighted by Crippen LogP contribution is -2.51. The molecule has 1 heterocycles. The van der Waals surface area contributed by atoms with Crippen LogP contribution < -0.4 is 0 Å². The number of amides is 2. The number of nitrogens with zero attached hydrogens (tertiary/aromatic N) is 2. The zero-order valence-electron chi connectivity index (χ0n) is 11.2. The van der Waals surface area contributed by atoms with Crippen LogP contribution in [0.25, 0.3) is 0 Å². The van der Waals surface area contributed by atoms with Crippen molar-refractivity contribution in [2.45, 2.75) is 12.8 Å². The zero-order chi connectivity index (χ0) is 14.1. The fourth-order valence-electron chi connectivity index (χ4n) is 2.49. The lowest BCUT2D eigenvalue weighted by Gasteiger charge is -2.35. The third kappa shape index (κ3) is 2.66. The maximum absolute atomic E-state index is 12.8. The summed E-state index contributed by atoms with van der Waals surface area (Å²) in [4.78, 5) is 27.7. The van der Waals surface area contributed by atoms with Gasteiger partial charge in [0, 0.05) is 37.7 Å². The fourth-order valence-corrected chi connectivity index (χ4v) is 2.49. The third-order valence-corrected chi connectivity index (χ3v) is 3.90. The number of hydrogen-bond donors (Lipinski definition) is 0. The van der Waals surface area contributed by atoms with Gasteiger partial charge >= 0.3 is 0 Å². The standard InChI is InChI=1S/C15H17FN2O2/c16-13-5-3-12(4-6-13)15(20)18-9-7-17(8-10-18)14(19)11-1-2-11/h3-6,11H,1-2,7-10H2. The Morgan fingerprint density at radius 1 is 0.950 bits per heavy atom. The molecule has 2 fully saturated rings. The predicted molar refractivity (Wildman–Crippen MR) is 71.6 cm³/mol. The van der Waals surface area contributed by atoms with Crippen molar-refractivity contribution < 1.29 is 14.0 Å². The second kappa shape index (κ2) is 5.23. The first-order valence-corrected chi connectivity index (χ1v) is 6.99. The minimum Gasteiger partial charge on any atom is -0.339 e. The maximum Gasteiger partial charge on any atom is 0.253 e. The van der Waals surface area contributed by atoms with E-state index in [9.17, 15) is 14.0 Å². The summed E-state index contributed by atoms with van der Waals surface area (Å²) in [5, 5.41) is 0. The molecule has 3 rings (SSSR count). The van der Waals surface area contributed by atoms with E-state index in [4.69, 9.17) is 0 Å². The van der Waals surface area contributed by atoms with Gasteiger partial charge in [-0.05, 0) is 37.1 Å². The van der Waals surface area contributed by atoms with E-state index in [1.165, 1.54) is 24.3 Å². The van der Waals surface area contributed by atoms with E-state index >= 15 is 0 Å². The van der Waals surface area contributed by atoms with Crippen molar-refractivity contribution in [1.29, 1.82) is 0 Å². The van der Waals surface area contributed by atoms with Crippen molar-refractivity contribution in [2.24, 2.45) is 5.92 Å². The number of piperazine rings is 1. The van der Waals surface area contributed by atoms with Crippen molar-refractivity contribution in [3.05, 3.63) is 35.6 Å². The average Bonchev–Trinajstić information content (AvgIpc) is 3.31. The van der Waals surface area contributed by atoms with E-state index in [0.29, 0.717) is 31.7 Å². The Morgan fingerprint density at radius 2 is 1.50 bits per heavy atom. The molecule has 106 valence electrons. The summed E-state index contributed by atoms with van der Waals surface area (Å²) in [6.45, 7) is 2.30. The summed E-state index contributed by atoms with van der Waals surface area (Å²) >= 11 is 0. The molecule has 0 atom stereocenters. The molecule has 20 heavy (non-hydrogen) atoms. The first-order valence-electron chi connectivity index (χ1n) is 6.99. The van der Waals surface area contributed by atoms with Crippen LogP contribution in [0, 0.1) is 11.7 Å². The van der Waals surface area contributed by atoms with Crippen molar-refractivity contribution >= 4 is 11.8 Å². The molecule has 0 N–H and O–H groups in total. The molecule has 0 radical (unpaired) electrons. The summed E-state index contributed by atoms with van der Waals surface area (Å²) in [6, 6.07) is 5.58. The molecule has 5 heteroatoms. The molecule has 1 aliphatic heterocycles. The Kier molecular flexibility index (Phi) is 3.42. The fraction of sp³-hybridized carbons (Fsp3) is 0.467. The van der Waals surface area contributed by atoms with Crippen molar-refractivity contribution in [2.75, 3.05) is 26.2 Å². The van der Waals surface area contributed by atoms with Gasteiger partial charge in [-0.2, -0.15) is 0 Å². The Morgan fingerprint density at radius 3 is 2.05 bits per heavy atom. The van der Waals surface area contributed by atoms with E-state index in [-0.39, 0.29) is 23.5 Å². The number of carbonyl (C=O) groups excluding carboxylic acids is 2. The molecular weight excluding hydrogens is 259 g/mol. The molecule has 0 aromatic heterocycles. The quantitative estimate of drug-likeness (QED) is 0.821. The monoisotopic (exact) mass is 276 g/mol. The van der Waals surface area contributed by atoms with Gasteiger partial charge in [-0.1, -0.05) is 0 Å². The SMILES string of the molecule is O=C(c1ccc(F)cc1)N1CCN(C(=O)C2CC2)CC1. The minimum absolute atomic E-state index is 0.0940. The highest BCUT2D eigenvalue weighted by atomic mass is 19.1. The number of benzene rings is 1. The molecule has 1 saturated carbocycles. The molecule has 1 aromatic rings. The number of rotatable bonds is 2. The van der Waals surface area contributed by atoms with Crippen LogP contribution in [0.4, 0.5) is 4.39 Å². The van der Waals surface area contributed by atoms with Crippen LogP contribution in [-0.4, -0.2) is 47.8 Å². The van der Waals surface area contributed by atoms with Crippen LogP contribution in [-0.2, 0) is 4.79 Å². The maximum atomic E-state index is 12.8. The van der Waals surface area contributed by atoms with Crippen LogP contribution in [0.5, 0.6) is 0 Å². The van der Waals surface area contributed by atoms with Crippen molar-refractivity contribution in [3.63, 3.8) is 0 Å². The lowest BCUT2D eigenvalue weighted by atomic mass is 10.1. The molecule has 0 bridgehead atoms. The highest BCUT2D eigenvalue weighted by Gasteiger charge is 2.35. The molecular formula is C15H17FN2O2. The largest absolute Gasteiger partial charge is 0.339 e.